The van der Waals surface area contributed by atoms with Crippen molar-refractivity contribution in [2.45, 2.75) is 19.3 Å². The molecule has 12 heteroatoms. The highest BCUT2D eigenvalue weighted by molar-refractivity contribution is 9.10. The van der Waals surface area contributed by atoms with E-state index in [1.165, 1.54) is 12.1 Å². The van der Waals surface area contributed by atoms with Crippen molar-refractivity contribution in [1.29, 1.82) is 0 Å². The lowest BCUT2D eigenvalue weighted by Crippen LogP contribution is -2.36. The van der Waals surface area contributed by atoms with E-state index in [4.69, 9.17) is 18.9 Å². The topological polar surface area (TPSA) is 120 Å². The molecule has 0 bridgehead atoms. The molecular formula is C33H34BrFN4O6. The van der Waals surface area contributed by atoms with Crippen molar-refractivity contribution in [2.24, 2.45) is 5.92 Å². The van der Waals surface area contributed by atoms with E-state index >= 15 is 4.39 Å². The maximum Gasteiger partial charge on any atom is 0.313 e. The van der Waals surface area contributed by atoms with Gasteiger partial charge in [-0.15, -0.1) is 0 Å². The predicted molar refractivity (Wildman–Crippen MR) is 172 cm³/mol. The zero-order valence-corrected chi connectivity index (χ0v) is 26.5. The minimum Gasteiger partial charge on any atom is -0.496 e. The lowest BCUT2D eigenvalue weighted by atomic mass is 9.99. The van der Waals surface area contributed by atoms with Gasteiger partial charge in [-0.05, 0) is 86.3 Å². The molecule has 1 aromatic heterocycles. The van der Waals surface area contributed by atoms with Crippen molar-refractivity contribution >= 4 is 44.3 Å². The van der Waals surface area contributed by atoms with E-state index < -0.39 is 17.6 Å². The third-order valence-corrected chi connectivity index (χ3v) is 7.95. The van der Waals surface area contributed by atoms with Gasteiger partial charge in [0.2, 0.25) is 0 Å². The summed E-state index contributed by atoms with van der Waals surface area (Å²) in [6.07, 6.45) is 4.12. The first-order valence-corrected chi connectivity index (χ1v) is 15.3. The van der Waals surface area contributed by atoms with Gasteiger partial charge in [0.25, 0.3) is 0 Å². The molecule has 3 N–H and O–H groups in total. The number of benzene rings is 3. The molecule has 2 amide bonds. The Kier molecular flexibility index (Phi) is 10.7. The molecule has 236 valence electrons. The number of anilines is 1. The summed E-state index contributed by atoms with van der Waals surface area (Å²) in [6.45, 7) is 2.75. The van der Waals surface area contributed by atoms with Crippen molar-refractivity contribution in [1.82, 2.24) is 15.6 Å². The number of amides is 2. The zero-order chi connectivity index (χ0) is 31.8. The summed E-state index contributed by atoms with van der Waals surface area (Å²) < 4.78 is 38.9. The SMILES string of the molecule is COc1ccc(Br)cc1CCNC(=O)C(=O)Nc1ccc(Oc2ccnc3cc(OCC4CCNCC4)c(OC)cc23)c(F)c1. The number of pyridine rings is 1. The van der Waals surface area contributed by atoms with Gasteiger partial charge in [0.1, 0.15) is 11.5 Å². The van der Waals surface area contributed by atoms with Crippen LogP contribution in [-0.4, -0.2) is 57.3 Å². The summed E-state index contributed by atoms with van der Waals surface area (Å²) >= 11 is 3.41. The number of carbonyl (C=O) groups is 2. The second kappa shape index (κ2) is 15.0. The Morgan fingerprint density at radius 1 is 0.933 bits per heavy atom. The molecule has 1 fully saturated rings. The van der Waals surface area contributed by atoms with Crippen molar-refractivity contribution in [2.75, 3.05) is 45.8 Å². The fourth-order valence-electron chi connectivity index (χ4n) is 5.05. The Hall–Kier alpha value is -4.42. The van der Waals surface area contributed by atoms with Crippen molar-refractivity contribution in [3.63, 3.8) is 0 Å². The van der Waals surface area contributed by atoms with E-state index in [-0.39, 0.29) is 18.0 Å². The molecule has 2 heterocycles. The molecule has 0 radical (unpaired) electrons. The Balaban J connectivity index is 1.21. The maximum absolute atomic E-state index is 15.1. The van der Waals surface area contributed by atoms with Gasteiger partial charge in [0.05, 0.1) is 26.3 Å². The van der Waals surface area contributed by atoms with E-state index in [2.05, 4.69) is 36.9 Å². The number of piperidine rings is 1. The normalized spacial score (nSPS) is 13.2. The van der Waals surface area contributed by atoms with Gasteiger partial charge < -0.3 is 34.9 Å². The molecule has 10 nitrogen and oxygen atoms in total. The number of aromatic nitrogens is 1. The second-order valence-electron chi connectivity index (χ2n) is 10.5. The lowest BCUT2D eigenvalue weighted by Gasteiger charge is -2.23. The number of hydrogen-bond donors (Lipinski definition) is 3. The van der Waals surface area contributed by atoms with Gasteiger partial charge in [-0.1, -0.05) is 15.9 Å². The third-order valence-electron chi connectivity index (χ3n) is 7.46. The number of nitrogens with one attached hydrogen (secondary N) is 3. The number of halogens is 2. The van der Waals surface area contributed by atoms with Crippen LogP contribution in [0.2, 0.25) is 0 Å². The van der Waals surface area contributed by atoms with Gasteiger partial charge in [-0.25, -0.2) is 4.39 Å². The van der Waals surface area contributed by atoms with E-state index in [0.717, 1.165) is 42.0 Å². The van der Waals surface area contributed by atoms with Crippen LogP contribution in [0.25, 0.3) is 10.9 Å². The van der Waals surface area contributed by atoms with Crippen LogP contribution < -0.4 is 34.9 Å². The summed E-state index contributed by atoms with van der Waals surface area (Å²) in [4.78, 5) is 29.3. The summed E-state index contributed by atoms with van der Waals surface area (Å²) in [6, 6.07) is 14.6. The number of methoxy groups -OCH3 is 2. The summed E-state index contributed by atoms with van der Waals surface area (Å²) in [5.74, 6) is 0.0306. The van der Waals surface area contributed by atoms with E-state index in [1.807, 2.05) is 18.2 Å². The third kappa shape index (κ3) is 8.20. The molecule has 0 saturated carbocycles. The lowest BCUT2D eigenvalue weighted by molar-refractivity contribution is -0.136. The highest BCUT2D eigenvalue weighted by atomic mass is 79.9. The minimum atomic E-state index is -0.922. The molecule has 5 rings (SSSR count). The maximum atomic E-state index is 15.1. The first kappa shape index (κ1) is 32.0. The average molecular weight is 682 g/mol. The van der Waals surface area contributed by atoms with Gasteiger partial charge in [0, 0.05) is 40.4 Å². The minimum absolute atomic E-state index is 0.0712. The van der Waals surface area contributed by atoms with E-state index in [9.17, 15) is 9.59 Å². The van der Waals surface area contributed by atoms with Crippen LogP contribution in [0.4, 0.5) is 10.1 Å². The summed E-state index contributed by atoms with van der Waals surface area (Å²) in [7, 11) is 3.12. The first-order valence-electron chi connectivity index (χ1n) is 14.5. The number of ether oxygens (including phenoxy) is 4. The van der Waals surface area contributed by atoms with Crippen LogP contribution in [0.1, 0.15) is 18.4 Å². The molecule has 0 atom stereocenters. The number of fused-ring (bicyclic) bond motifs is 1. The first-order chi connectivity index (χ1) is 21.8. The molecule has 1 saturated heterocycles. The molecule has 1 aliphatic rings. The van der Waals surface area contributed by atoms with Crippen LogP contribution in [0, 0.1) is 11.7 Å². The van der Waals surface area contributed by atoms with Gasteiger partial charge in [-0.2, -0.15) is 0 Å². The quantitative estimate of drug-likeness (QED) is 0.175. The smallest absolute Gasteiger partial charge is 0.313 e. The molecule has 1 aliphatic heterocycles. The van der Waals surface area contributed by atoms with Crippen LogP contribution >= 0.6 is 15.9 Å². The molecule has 3 aromatic carbocycles. The number of rotatable bonds is 11. The predicted octanol–water partition coefficient (Wildman–Crippen LogP) is 5.62. The fraction of sp³-hybridized carbons (Fsp3) is 0.303. The van der Waals surface area contributed by atoms with Crippen LogP contribution in [0.15, 0.2) is 65.3 Å². The summed E-state index contributed by atoms with van der Waals surface area (Å²) in [5, 5.41) is 8.95. The van der Waals surface area contributed by atoms with Gasteiger partial charge >= 0.3 is 11.8 Å². The number of nitrogens with zero attached hydrogens (tertiary/aromatic N) is 1. The van der Waals surface area contributed by atoms with Gasteiger partial charge in [0.15, 0.2) is 23.1 Å². The van der Waals surface area contributed by atoms with Crippen LogP contribution in [-0.2, 0) is 16.0 Å². The number of hydrogen-bond acceptors (Lipinski definition) is 8. The van der Waals surface area contributed by atoms with E-state index in [1.54, 1.807) is 38.6 Å². The Labute approximate surface area is 268 Å². The van der Waals surface area contributed by atoms with Crippen molar-refractivity contribution in [3.8, 4) is 28.7 Å². The molecule has 0 spiro atoms. The Morgan fingerprint density at radius 3 is 2.47 bits per heavy atom. The Bertz CT molecular complexity index is 1680. The molecule has 4 aromatic rings. The second-order valence-corrected chi connectivity index (χ2v) is 11.4. The standard InChI is InChI=1S/C33H34BrFN4O6/c1-42-27-5-3-22(34)15-21(27)9-13-38-32(40)33(41)39-23-4-6-29(25(35)16-23)45-28-10-14-37-26-18-31(30(43-2)17-24(26)28)44-19-20-7-11-36-12-8-20/h3-6,10,14-18,20,36H,7-9,11-13,19H2,1-2H3,(H,38,40)(H,39,41). The summed E-state index contributed by atoms with van der Waals surface area (Å²) in [5.41, 5.74) is 1.57. The average Bonchev–Trinajstić information content (AvgIpc) is 3.05. The highest BCUT2D eigenvalue weighted by Crippen LogP contribution is 2.38. The van der Waals surface area contributed by atoms with Crippen LogP contribution in [0.3, 0.4) is 0 Å². The zero-order valence-electron chi connectivity index (χ0n) is 25.0. The molecule has 45 heavy (non-hydrogen) atoms. The Morgan fingerprint density at radius 2 is 1.71 bits per heavy atom. The highest BCUT2D eigenvalue weighted by Gasteiger charge is 2.19. The molecule has 0 aliphatic carbocycles. The van der Waals surface area contributed by atoms with Crippen molar-refractivity contribution < 1.29 is 32.9 Å². The molecule has 0 unspecified atom stereocenters. The fourth-order valence-corrected chi connectivity index (χ4v) is 5.46. The largest absolute Gasteiger partial charge is 0.496 e. The van der Waals surface area contributed by atoms with Crippen molar-refractivity contribution in [3.05, 3.63) is 76.6 Å². The van der Waals surface area contributed by atoms with Crippen LogP contribution in [0.5, 0.6) is 28.7 Å². The van der Waals surface area contributed by atoms with Gasteiger partial charge in [-0.3, -0.25) is 14.6 Å². The number of carbonyl (C=O) groups excluding carboxylic acids is 2. The van der Waals surface area contributed by atoms with E-state index in [0.29, 0.717) is 52.8 Å². The molecular weight excluding hydrogens is 647 g/mol. The monoisotopic (exact) mass is 680 g/mol.